The van der Waals surface area contributed by atoms with Gasteiger partial charge >= 0.3 is 0 Å². The van der Waals surface area contributed by atoms with E-state index in [1.54, 1.807) is 7.05 Å². The molecule has 0 aliphatic heterocycles. The van der Waals surface area contributed by atoms with Gasteiger partial charge in [-0.25, -0.2) is 0 Å². The third kappa shape index (κ3) is 3.82. The van der Waals surface area contributed by atoms with E-state index in [4.69, 9.17) is 0 Å². The minimum atomic E-state index is 1.24. The minimum Gasteiger partial charge on any atom is -0.417 e. The summed E-state index contributed by atoms with van der Waals surface area (Å²) in [6.07, 6.45) is 1.24. The molecular weight excluding hydrogens is 86.1 g/mol. The molecule has 0 aromatic heterocycles. The van der Waals surface area contributed by atoms with Crippen LogP contribution in [-0.4, -0.2) is 13.4 Å². The lowest BCUT2D eigenvalue weighted by Gasteiger charge is -1.72. The Morgan fingerprint density at radius 2 is 2.60 bits per heavy atom. The van der Waals surface area contributed by atoms with Crippen molar-refractivity contribution in [1.82, 2.24) is 0 Å². The van der Waals surface area contributed by atoms with Gasteiger partial charge in [0.05, 0.1) is 0 Å². The maximum Gasteiger partial charge on any atom is 0.185 e. The van der Waals surface area contributed by atoms with Crippen LogP contribution in [0.2, 0.25) is 0 Å². The summed E-state index contributed by atoms with van der Waals surface area (Å²) in [7, 11) is 1.61. The number of aliphatic imine (C=N–C) groups is 1. The molecule has 0 aromatic rings. The van der Waals surface area contributed by atoms with Crippen LogP contribution in [0.1, 0.15) is 0 Å². The standard InChI is InChI=1S/C2H5NOS/c1-3-2-4-5/h2,5H,1H3. The Kier molecular flexibility index (Phi) is 3.68. The molecule has 0 aliphatic rings. The van der Waals surface area contributed by atoms with Crippen LogP contribution >= 0.6 is 12.9 Å². The Labute approximate surface area is 36.5 Å². The molecule has 0 atom stereocenters. The Hall–Kier alpha value is -0.180. The average Bonchev–Trinajstić information content (AvgIpc) is 1.41. The zero-order valence-corrected chi connectivity index (χ0v) is 3.77. The van der Waals surface area contributed by atoms with Gasteiger partial charge < -0.3 is 4.18 Å². The summed E-state index contributed by atoms with van der Waals surface area (Å²) in [5.41, 5.74) is 0. The molecule has 5 heavy (non-hydrogen) atoms. The van der Waals surface area contributed by atoms with E-state index in [0.717, 1.165) is 0 Å². The second-order valence-corrected chi connectivity index (χ2v) is 0.680. The van der Waals surface area contributed by atoms with Gasteiger partial charge in [0.1, 0.15) is 0 Å². The average molecular weight is 91.1 g/mol. The van der Waals surface area contributed by atoms with E-state index in [0.29, 0.717) is 0 Å². The smallest absolute Gasteiger partial charge is 0.185 e. The summed E-state index contributed by atoms with van der Waals surface area (Å²) in [6, 6.07) is 0. The fourth-order valence-corrected chi connectivity index (χ4v) is 0.141. The van der Waals surface area contributed by atoms with Crippen molar-refractivity contribution in [1.29, 1.82) is 0 Å². The van der Waals surface area contributed by atoms with Crippen LogP contribution in [0.3, 0.4) is 0 Å². The van der Waals surface area contributed by atoms with Crippen LogP contribution in [0, 0.1) is 0 Å². The van der Waals surface area contributed by atoms with Crippen molar-refractivity contribution in [2.75, 3.05) is 7.05 Å². The number of hydrogen-bond acceptors (Lipinski definition) is 3. The lowest BCUT2D eigenvalue weighted by atomic mass is 11.4. The summed E-state index contributed by atoms with van der Waals surface area (Å²) in [5.74, 6) is 0. The Bertz CT molecular complexity index is 36.6. The molecule has 0 spiro atoms. The molecule has 0 saturated carbocycles. The second-order valence-electron chi connectivity index (χ2n) is 0.469. The van der Waals surface area contributed by atoms with Gasteiger partial charge in [-0.2, -0.15) is 0 Å². The van der Waals surface area contributed by atoms with E-state index in [1.165, 1.54) is 6.40 Å². The van der Waals surface area contributed by atoms with Gasteiger partial charge in [-0.3, -0.25) is 4.99 Å². The molecule has 0 bridgehead atoms. The summed E-state index contributed by atoms with van der Waals surface area (Å²) >= 11 is 3.35. The van der Waals surface area contributed by atoms with Gasteiger partial charge in [0.2, 0.25) is 0 Å². The highest BCUT2D eigenvalue weighted by atomic mass is 32.1. The lowest BCUT2D eigenvalue weighted by Crippen LogP contribution is -1.62. The number of rotatable bonds is 1. The van der Waals surface area contributed by atoms with E-state index in [9.17, 15) is 0 Å². The zero-order valence-electron chi connectivity index (χ0n) is 2.88. The van der Waals surface area contributed by atoms with E-state index in [-0.39, 0.29) is 0 Å². The first-order chi connectivity index (χ1) is 2.41. The topological polar surface area (TPSA) is 21.6 Å². The monoisotopic (exact) mass is 91.0 g/mol. The van der Waals surface area contributed by atoms with Crippen molar-refractivity contribution < 1.29 is 4.18 Å². The van der Waals surface area contributed by atoms with Gasteiger partial charge in [-0.05, 0) is 0 Å². The highest BCUT2D eigenvalue weighted by Crippen LogP contribution is 1.65. The predicted octanol–water partition coefficient (Wildman–Crippen LogP) is 0.506. The zero-order chi connectivity index (χ0) is 4.12. The van der Waals surface area contributed by atoms with Gasteiger partial charge in [0.15, 0.2) is 6.40 Å². The molecule has 0 aromatic carbocycles. The van der Waals surface area contributed by atoms with Crippen molar-refractivity contribution in [3.05, 3.63) is 0 Å². The van der Waals surface area contributed by atoms with E-state index < -0.39 is 0 Å². The normalized spacial score (nSPS) is 9.20. The Balaban J connectivity index is 2.62. The summed E-state index contributed by atoms with van der Waals surface area (Å²) in [5, 5.41) is 0. The van der Waals surface area contributed by atoms with Crippen molar-refractivity contribution in [2.24, 2.45) is 4.99 Å². The summed E-state index contributed by atoms with van der Waals surface area (Å²) in [6.45, 7) is 0. The van der Waals surface area contributed by atoms with Gasteiger partial charge in [0.25, 0.3) is 0 Å². The number of hydrogen-bond donors (Lipinski definition) is 1. The van der Waals surface area contributed by atoms with E-state index in [2.05, 4.69) is 22.1 Å². The highest BCUT2D eigenvalue weighted by Gasteiger charge is 1.49. The van der Waals surface area contributed by atoms with Crippen LogP contribution in [-0.2, 0) is 4.18 Å². The van der Waals surface area contributed by atoms with Crippen LogP contribution in [0.25, 0.3) is 0 Å². The predicted molar refractivity (Wildman–Crippen MR) is 24.5 cm³/mol. The summed E-state index contributed by atoms with van der Waals surface area (Å²) in [4.78, 5) is 3.43. The SMILES string of the molecule is CN=COS. The minimum absolute atomic E-state index is 1.24. The fraction of sp³-hybridized carbons (Fsp3) is 0.500. The quantitative estimate of drug-likeness (QED) is 0.216. The molecular formula is C2H5NOS. The van der Waals surface area contributed by atoms with E-state index >= 15 is 0 Å². The maximum absolute atomic E-state index is 4.09. The lowest BCUT2D eigenvalue weighted by molar-refractivity contribution is 0.686. The van der Waals surface area contributed by atoms with Crippen molar-refractivity contribution in [3.8, 4) is 0 Å². The first-order valence-corrected chi connectivity index (χ1v) is 1.49. The van der Waals surface area contributed by atoms with Crippen LogP contribution in [0.4, 0.5) is 0 Å². The third-order valence-corrected chi connectivity index (χ3v) is 0.247. The van der Waals surface area contributed by atoms with Crippen molar-refractivity contribution >= 4 is 19.3 Å². The Morgan fingerprint density at radius 1 is 2.00 bits per heavy atom. The molecule has 0 N–H and O–H groups in total. The molecule has 0 amide bonds. The van der Waals surface area contributed by atoms with Gasteiger partial charge in [-0.1, -0.05) is 0 Å². The molecule has 0 radical (unpaired) electrons. The molecule has 0 unspecified atom stereocenters. The molecule has 0 saturated heterocycles. The molecule has 0 rings (SSSR count). The first kappa shape index (κ1) is 4.82. The first-order valence-electron chi connectivity index (χ1n) is 1.12. The molecule has 0 fully saturated rings. The fourth-order valence-electron chi connectivity index (χ4n) is 0.0471. The molecule has 3 heteroatoms. The second kappa shape index (κ2) is 3.82. The van der Waals surface area contributed by atoms with Crippen molar-refractivity contribution in [3.63, 3.8) is 0 Å². The number of nitrogens with zero attached hydrogens (tertiary/aromatic N) is 1. The molecule has 0 aliphatic carbocycles. The van der Waals surface area contributed by atoms with Crippen LogP contribution < -0.4 is 0 Å². The van der Waals surface area contributed by atoms with Crippen LogP contribution in [0.15, 0.2) is 4.99 Å². The van der Waals surface area contributed by atoms with E-state index in [1.807, 2.05) is 0 Å². The molecule has 2 nitrogen and oxygen atoms in total. The van der Waals surface area contributed by atoms with Gasteiger partial charge in [-0.15, -0.1) is 0 Å². The van der Waals surface area contributed by atoms with Crippen LogP contribution in [0.5, 0.6) is 0 Å². The molecule has 30 valence electrons. The highest BCUT2D eigenvalue weighted by molar-refractivity contribution is 7.75. The molecule has 0 heterocycles. The van der Waals surface area contributed by atoms with Gasteiger partial charge in [0, 0.05) is 20.0 Å². The van der Waals surface area contributed by atoms with Crippen molar-refractivity contribution in [2.45, 2.75) is 0 Å². The Morgan fingerprint density at radius 3 is 2.60 bits per heavy atom. The summed E-state index contributed by atoms with van der Waals surface area (Å²) < 4.78 is 4.09. The maximum atomic E-state index is 4.09. The number of thiol groups is 1. The third-order valence-electron chi connectivity index (χ3n) is 0.153. The largest absolute Gasteiger partial charge is 0.417 e.